The second-order valence-electron chi connectivity index (χ2n) is 6.55. The second kappa shape index (κ2) is 8.47. The number of hydrogen-bond donors (Lipinski definition) is 2. The molecule has 0 bridgehead atoms. The Kier molecular flexibility index (Phi) is 5.84. The van der Waals surface area contributed by atoms with Gasteiger partial charge in [0.2, 0.25) is 5.91 Å². The van der Waals surface area contributed by atoms with Crippen molar-refractivity contribution < 1.29 is 14.0 Å². The Morgan fingerprint density at radius 1 is 1.08 bits per heavy atom. The first-order valence-electron chi connectivity index (χ1n) is 8.92. The molecule has 1 aliphatic carbocycles. The molecule has 0 radical (unpaired) electrons. The number of carbonyl (C=O) groups excluding carboxylic acids is 2. The Morgan fingerprint density at radius 2 is 1.81 bits per heavy atom. The van der Waals surface area contributed by atoms with E-state index >= 15 is 0 Å². The lowest BCUT2D eigenvalue weighted by atomic mass is 9.88. The maximum absolute atomic E-state index is 12.2. The maximum atomic E-state index is 12.2. The number of carbonyl (C=O) groups is 2. The molecule has 6 nitrogen and oxygen atoms in total. The summed E-state index contributed by atoms with van der Waals surface area (Å²) in [6.45, 7) is 1.84. The van der Waals surface area contributed by atoms with Gasteiger partial charge < -0.3 is 9.73 Å². The van der Waals surface area contributed by atoms with Gasteiger partial charge in [0.15, 0.2) is 0 Å². The predicted molar refractivity (Wildman–Crippen MR) is 100 cm³/mol. The van der Waals surface area contributed by atoms with Gasteiger partial charge in [-0.15, -0.1) is 0 Å². The number of rotatable bonds is 5. The third-order valence-electron chi connectivity index (χ3n) is 4.51. The molecule has 0 spiro atoms. The highest BCUT2D eigenvalue weighted by Gasteiger charge is 2.21. The SMILES string of the molecule is Cc1ccc(/C=N/NC(=O)c2ccc(NC(=O)C3CCCCC3)cc2)o1. The third kappa shape index (κ3) is 4.81. The summed E-state index contributed by atoms with van der Waals surface area (Å²) >= 11 is 0. The lowest BCUT2D eigenvalue weighted by Gasteiger charge is -2.20. The molecule has 1 saturated carbocycles. The summed E-state index contributed by atoms with van der Waals surface area (Å²) < 4.78 is 5.33. The molecule has 1 aromatic heterocycles. The molecule has 0 aliphatic heterocycles. The van der Waals surface area contributed by atoms with Crippen molar-refractivity contribution >= 4 is 23.7 Å². The van der Waals surface area contributed by atoms with Gasteiger partial charge in [-0.2, -0.15) is 5.10 Å². The maximum Gasteiger partial charge on any atom is 0.271 e. The molecule has 0 unspecified atom stereocenters. The first-order valence-corrected chi connectivity index (χ1v) is 8.92. The van der Waals surface area contributed by atoms with Crippen molar-refractivity contribution in [3.8, 4) is 0 Å². The van der Waals surface area contributed by atoms with E-state index in [-0.39, 0.29) is 17.7 Å². The quantitative estimate of drug-likeness (QED) is 0.632. The number of furan rings is 1. The van der Waals surface area contributed by atoms with Gasteiger partial charge in [0, 0.05) is 17.2 Å². The zero-order valence-electron chi connectivity index (χ0n) is 14.8. The van der Waals surface area contributed by atoms with Crippen LogP contribution in [0.25, 0.3) is 0 Å². The van der Waals surface area contributed by atoms with Crippen molar-refractivity contribution in [3.63, 3.8) is 0 Å². The van der Waals surface area contributed by atoms with Crippen molar-refractivity contribution in [3.05, 3.63) is 53.5 Å². The number of hydrazone groups is 1. The summed E-state index contributed by atoms with van der Waals surface area (Å²) in [4.78, 5) is 24.3. The van der Waals surface area contributed by atoms with E-state index in [2.05, 4.69) is 15.8 Å². The summed E-state index contributed by atoms with van der Waals surface area (Å²) in [6, 6.07) is 10.4. The van der Waals surface area contributed by atoms with Crippen LogP contribution in [0.4, 0.5) is 5.69 Å². The van der Waals surface area contributed by atoms with Crippen LogP contribution in [0.1, 0.15) is 54.0 Å². The molecule has 2 N–H and O–H groups in total. The molecule has 0 saturated heterocycles. The van der Waals surface area contributed by atoms with E-state index in [9.17, 15) is 9.59 Å². The number of anilines is 1. The van der Waals surface area contributed by atoms with Crippen molar-refractivity contribution in [2.24, 2.45) is 11.0 Å². The van der Waals surface area contributed by atoms with E-state index in [4.69, 9.17) is 4.42 Å². The van der Waals surface area contributed by atoms with Crippen molar-refractivity contribution in [2.45, 2.75) is 39.0 Å². The monoisotopic (exact) mass is 353 g/mol. The standard InChI is InChI=1S/C20H23N3O3/c1-14-7-12-18(26-14)13-21-23-20(25)16-8-10-17(11-9-16)22-19(24)15-5-3-2-4-6-15/h7-13,15H,2-6H2,1H3,(H,22,24)(H,23,25)/b21-13+. The van der Waals surface area contributed by atoms with E-state index in [1.807, 2.05) is 13.0 Å². The van der Waals surface area contributed by atoms with Crippen molar-refractivity contribution in [1.29, 1.82) is 0 Å². The largest absolute Gasteiger partial charge is 0.460 e. The van der Waals surface area contributed by atoms with Crippen LogP contribution in [0.5, 0.6) is 0 Å². The minimum Gasteiger partial charge on any atom is -0.460 e. The smallest absolute Gasteiger partial charge is 0.271 e. The summed E-state index contributed by atoms with van der Waals surface area (Å²) in [5.74, 6) is 1.20. The van der Waals surface area contributed by atoms with Crippen LogP contribution in [0.15, 0.2) is 45.9 Å². The van der Waals surface area contributed by atoms with Gasteiger partial charge in [-0.1, -0.05) is 19.3 Å². The topological polar surface area (TPSA) is 83.7 Å². The zero-order valence-corrected chi connectivity index (χ0v) is 14.8. The molecule has 0 atom stereocenters. The van der Waals surface area contributed by atoms with Crippen LogP contribution in [0.3, 0.4) is 0 Å². The normalized spacial score (nSPS) is 15.1. The number of benzene rings is 1. The predicted octanol–water partition coefficient (Wildman–Crippen LogP) is 3.87. The fraction of sp³-hybridized carbons (Fsp3) is 0.350. The minimum atomic E-state index is -0.324. The van der Waals surface area contributed by atoms with Crippen LogP contribution in [0, 0.1) is 12.8 Å². The van der Waals surface area contributed by atoms with Gasteiger partial charge in [0.05, 0.1) is 6.21 Å². The fourth-order valence-electron chi connectivity index (χ4n) is 3.06. The molecule has 26 heavy (non-hydrogen) atoms. The van der Waals surface area contributed by atoms with Crippen LogP contribution < -0.4 is 10.7 Å². The van der Waals surface area contributed by atoms with Crippen LogP contribution in [-0.4, -0.2) is 18.0 Å². The zero-order chi connectivity index (χ0) is 18.4. The van der Waals surface area contributed by atoms with E-state index in [1.165, 1.54) is 12.6 Å². The number of nitrogens with one attached hydrogen (secondary N) is 2. The van der Waals surface area contributed by atoms with E-state index in [0.29, 0.717) is 17.0 Å². The number of hydrogen-bond acceptors (Lipinski definition) is 4. The Balaban J connectivity index is 1.52. The average Bonchev–Trinajstić information content (AvgIpc) is 3.08. The van der Waals surface area contributed by atoms with Crippen LogP contribution in [-0.2, 0) is 4.79 Å². The average molecular weight is 353 g/mol. The molecule has 1 fully saturated rings. The first kappa shape index (κ1) is 17.9. The van der Waals surface area contributed by atoms with Gasteiger partial charge in [-0.3, -0.25) is 9.59 Å². The van der Waals surface area contributed by atoms with Crippen molar-refractivity contribution in [2.75, 3.05) is 5.32 Å². The molecule has 136 valence electrons. The fourth-order valence-corrected chi connectivity index (χ4v) is 3.06. The Hall–Kier alpha value is -2.89. The third-order valence-corrected chi connectivity index (χ3v) is 4.51. The lowest BCUT2D eigenvalue weighted by molar-refractivity contribution is -0.120. The Bertz CT molecular complexity index is 787. The van der Waals surface area contributed by atoms with E-state index in [0.717, 1.165) is 31.4 Å². The van der Waals surface area contributed by atoms with E-state index in [1.54, 1.807) is 30.3 Å². The summed E-state index contributed by atoms with van der Waals surface area (Å²) in [5.41, 5.74) is 3.62. The molecule has 2 amide bonds. The number of nitrogens with zero attached hydrogens (tertiary/aromatic N) is 1. The first-order chi connectivity index (χ1) is 12.6. The molecule has 2 aromatic rings. The molecule has 1 aromatic carbocycles. The molecule has 3 rings (SSSR count). The molecular weight excluding hydrogens is 330 g/mol. The highest BCUT2D eigenvalue weighted by molar-refractivity contribution is 5.96. The highest BCUT2D eigenvalue weighted by atomic mass is 16.3. The Labute approximate surface area is 152 Å². The van der Waals surface area contributed by atoms with Gasteiger partial charge in [-0.05, 0) is 56.2 Å². The van der Waals surface area contributed by atoms with Crippen molar-refractivity contribution in [1.82, 2.24) is 5.43 Å². The van der Waals surface area contributed by atoms with Gasteiger partial charge >= 0.3 is 0 Å². The van der Waals surface area contributed by atoms with Gasteiger partial charge in [-0.25, -0.2) is 5.43 Å². The summed E-state index contributed by atoms with van der Waals surface area (Å²) in [6.07, 6.45) is 6.82. The number of amides is 2. The molecular formula is C20H23N3O3. The summed E-state index contributed by atoms with van der Waals surface area (Å²) in [7, 11) is 0. The van der Waals surface area contributed by atoms with Gasteiger partial charge in [0.1, 0.15) is 11.5 Å². The minimum absolute atomic E-state index is 0.0697. The lowest BCUT2D eigenvalue weighted by Crippen LogP contribution is -2.24. The highest BCUT2D eigenvalue weighted by Crippen LogP contribution is 2.25. The van der Waals surface area contributed by atoms with Crippen LogP contribution in [0.2, 0.25) is 0 Å². The molecule has 6 heteroatoms. The Morgan fingerprint density at radius 3 is 2.46 bits per heavy atom. The molecule has 1 heterocycles. The second-order valence-corrected chi connectivity index (χ2v) is 6.55. The number of aryl methyl sites for hydroxylation is 1. The van der Waals surface area contributed by atoms with Crippen LogP contribution >= 0.6 is 0 Å². The van der Waals surface area contributed by atoms with E-state index < -0.39 is 0 Å². The summed E-state index contributed by atoms with van der Waals surface area (Å²) in [5, 5.41) is 6.81. The van der Waals surface area contributed by atoms with Gasteiger partial charge in [0.25, 0.3) is 5.91 Å². The molecule has 1 aliphatic rings.